The molecular weight excluding hydrogens is 411 g/mol. The first-order chi connectivity index (χ1) is 14.3. The molecule has 3 N–H and O–H groups in total. The van der Waals surface area contributed by atoms with Gasteiger partial charge < -0.3 is 20.7 Å². The number of amides is 4. The van der Waals surface area contributed by atoms with E-state index < -0.39 is 36.4 Å². The Morgan fingerprint density at radius 1 is 1.27 bits per heavy atom. The molecule has 3 rings (SSSR count). The first-order valence-corrected chi connectivity index (χ1v) is 9.04. The first-order valence-electron chi connectivity index (χ1n) is 9.04. The number of benzene rings is 1. The van der Waals surface area contributed by atoms with Crippen LogP contribution >= 0.6 is 0 Å². The van der Waals surface area contributed by atoms with Gasteiger partial charge in [0, 0.05) is 13.1 Å². The van der Waals surface area contributed by atoms with Crippen LogP contribution in [0.3, 0.4) is 0 Å². The highest BCUT2D eigenvalue weighted by molar-refractivity contribution is 5.90. The Bertz CT molecular complexity index is 827. The van der Waals surface area contributed by atoms with Crippen molar-refractivity contribution in [2.45, 2.75) is 12.5 Å². The molecule has 4 amide bonds. The molecule has 10 nitrogen and oxygen atoms in total. The number of hydroxylamine groups is 2. The molecule has 0 aliphatic carbocycles. The maximum atomic E-state index is 14.7. The highest BCUT2D eigenvalue weighted by atomic mass is 19.3. The molecule has 2 saturated heterocycles. The summed E-state index contributed by atoms with van der Waals surface area (Å²) in [4.78, 5) is 42.2. The number of nitrogens with one attached hydrogen (secondary N) is 1. The number of carbonyl (C=O) groups excluding carboxylic acids is 3. The molecule has 30 heavy (non-hydrogen) atoms. The number of rotatable bonds is 5. The molecule has 0 unspecified atom stereocenters. The van der Waals surface area contributed by atoms with E-state index >= 15 is 0 Å². The van der Waals surface area contributed by atoms with Gasteiger partial charge in [0.25, 0.3) is 5.91 Å². The van der Waals surface area contributed by atoms with Crippen LogP contribution in [0.4, 0.5) is 34.1 Å². The van der Waals surface area contributed by atoms with Gasteiger partial charge in [-0.1, -0.05) is 0 Å². The molecular formula is C17H20F3N5O5. The smallest absolute Gasteiger partial charge is 0.414 e. The lowest BCUT2D eigenvalue weighted by molar-refractivity contribution is -0.132. The third kappa shape index (κ3) is 4.84. The highest BCUT2D eigenvalue weighted by Gasteiger charge is 2.33. The predicted octanol–water partition coefficient (Wildman–Crippen LogP) is 0.665. The molecule has 0 aromatic heterocycles. The van der Waals surface area contributed by atoms with Gasteiger partial charge in [-0.25, -0.2) is 19.0 Å². The fourth-order valence-electron chi connectivity index (χ4n) is 3.11. The van der Waals surface area contributed by atoms with E-state index in [-0.39, 0.29) is 44.2 Å². The van der Waals surface area contributed by atoms with Crippen LogP contribution in [-0.4, -0.2) is 75.0 Å². The summed E-state index contributed by atoms with van der Waals surface area (Å²) in [7, 11) is 0. The minimum absolute atomic E-state index is 0.0355. The van der Waals surface area contributed by atoms with Crippen LogP contribution in [0.25, 0.3) is 0 Å². The molecule has 164 valence electrons. The van der Waals surface area contributed by atoms with Crippen molar-refractivity contribution < 1.29 is 37.1 Å². The Balaban J connectivity index is 1.64. The van der Waals surface area contributed by atoms with Crippen molar-refractivity contribution in [1.82, 2.24) is 10.4 Å². The topological polar surface area (TPSA) is 117 Å². The summed E-state index contributed by atoms with van der Waals surface area (Å²) < 4.78 is 44.2. The molecule has 13 heteroatoms. The summed E-state index contributed by atoms with van der Waals surface area (Å²) in [6.07, 6.45) is -4.79. The van der Waals surface area contributed by atoms with Gasteiger partial charge in [-0.15, -0.1) is 0 Å². The van der Waals surface area contributed by atoms with E-state index in [0.717, 1.165) is 16.0 Å². The second kappa shape index (κ2) is 9.07. The number of urea groups is 1. The van der Waals surface area contributed by atoms with E-state index in [1.165, 1.54) is 12.1 Å². The SMILES string of the molecule is NC(=O)N1CCN(c2ccc(N3C[C@H](CNC(=O)C(F)F)OC3=O)cc2F)CCO1. The molecule has 2 aliphatic rings. The highest BCUT2D eigenvalue weighted by Crippen LogP contribution is 2.28. The van der Waals surface area contributed by atoms with E-state index in [2.05, 4.69) is 0 Å². The third-order valence-corrected chi connectivity index (χ3v) is 4.59. The van der Waals surface area contributed by atoms with Gasteiger partial charge in [0.1, 0.15) is 11.9 Å². The Labute approximate surface area is 169 Å². The van der Waals surface area contributed by atoms with Crippen molar-refractivity contribution in [3.63, 3.8) is 0 Å². The molecule has 0 radical (unpaired) electrons. The lowest BCUT2D eigenvalue weighted by Crippen LogP contribution is -2.38. The van der Waals surface area contributed by atoms with Crippen molar-refractivity contribution in [3.8, 4) is 0 Å². The van der Waals surface area contributed by atoms with Gasteiger partial charge in [0.15, 0.2) is 0 Å². The number of nitrogens with two attached hydrogens (primary N) is 1. The molecule has 1 atom stereocenters. The summed E-state index contributed by atoms with van der Waals surface area (Å²) in [5.74, 6) is -2.07. The molecule has 0 saturated carbocycles. The van der Waals surface area contributed by atoms with Crippen LogP contribution in [0.15, 0.2) is 18.2 Å². The Morgan fingerprint density at radius 2 is 2.03 bits per heavy atom. The number of cyclic esters (lactones) is 1. The van der Waals surface area contributed by atoms with Crippen LogP contribution in [-0.2, 0) is 14.4 Å². The van der Waals surface area contributed by atoms with E-state index in [1.54, 1.807) is 4.90 Å². The van der Waals surface area contributed by atoms with Gasteiger partial charge in [-0.3, -0.25) is 14.5 Å². The average Bonchev–Trinajstić information content (AvgIpc) is 2.90. The van der Waals surface area contributed by atoms with Crippen molar-refractivity contribution in [3.05, 3.63) is 24.0 Å². The van der Waals surface area contributed by atoms with E-state index in [1.807, 2.05) is 5.32 Å². The van der Waals surface area contributed by atoms with E-state index in [9.17, 15) is 27.6 Å². The predicted molar refractivity (Wildman–Crippen MR) is 97.5 cm³/mol. The summed E-state index contributed by atoms with van der Waals surface area (Å²) in [6.45, 7) is 0.576. The lowest BCUT2D eigenvalue weighted by atomic mass is 10.2. The van der Waals surface area contributed by atoms with Gasteiger partial charge in [-0.05, 0) is 18.2 Å². The molecule has 1 aromatic carbocycles. The van der Waals surface area contributed by atoms with Gasteiger partial charge >= 0.3 is 18.5 Å². The van der Waals surface area contributed by atoms with Crippen LogP contribution in [0.2, 0.25) is 0 Å². The normalized spacial score (nSPS) is 19.7. The average molecular weight is 431 g/mol. The quantitative estimate of drug-likeness (QED) is 0.708. The number of ether oxygens (including phenoxy) is 1. The maximum Gasteiger partial charge on any atom is 0.414 e. The molecule has 2 fully saturated rings. The fraction of sp³-hybridized carbons (Fsp3) is 0.471. The van der Waals surface area contributed by atoms with Crippen LogP contribution < -0.4 is 20.9 Å². The number of anilines is 2. The number of halogens is 3. The largest absolute Gasteiger partial charge is 0.442 e. The van der Waals surface area contributed by atoms with Crippen molar-refractivity contribution in [1.29, 1.82) is 0 Å². The monoisotopic (exact) mass is 431 g/mol. The zero-order chi connectivity index (χ0) is 21.8. The molecule has 2 heterocycles. The van der Waals surface area contributed by atoms with Crippen LogP contribution in [0, 0.1) is 5.82 Å². The van der Waals surface area contributed by atoms with Gasteiger partial charge in [0.2, 0.25) is 0 Å². The zero-order valence-electron chi connectivity index (χ0n) is 15.7. The standard InChI is InChI=1S/C17H20F3N5O5/c18-12-7-10(24-9-11(30-17(24)28)8-22-15(26)14(19)20)1-2-13(12)23-3-4-25(16(21)27)29-6-5-23/h1-2,7,11,14H,3-6,8-9H2,(H2,21,27)(H,22,26)/t11-/m0/s1. The number of nitrogens with zero attached hydrogens (tertiary/aromatic N) is 3. The number of alkyl halides is 2. The molecule has 0 bridgehead atoms. The molecule has 2 aliphatic heterocycles. The van der Waals surface area contributed by atoms with Crippen LogP contribution in [0.1, 0.15) is 0 Å². The molecule has 0 spiro atoms. The number of hydrogen-bond acceptors (Lipinski definition) is 6. The Morgan fingerprint density at radius 3 is 2.70 bits per heavy atom. The fourth-order valence-corrected chi connectivity index (χ4v) is 3.11. The third-order valence-electron chi connectivity index (χ3n) is 4.59. The number of carbonyl (C=O) groups is 3. The molecule has 1 aromatic rings. The summed E-state index contributed by atoms with van der Waals surface area (Å²) >= 11 is 0. The van der Waals surface area contributed by atoms with Gasteiger partial charge in [-0.2, -0.15) is 8.78 Å². The van der Waals surface area contributed by atoms with Gasteiger partial charge in [0.05, 0.1) is 37.6 Å². The van der Waals surface area contributed by atoms with Crippen LogP contribution in [0.5, 0.6) is 0 Å². The van der Waals surface area contributed by atoms with E-state index in [0.29, 0.717) is 6.54 Å². The zero-order valence-corrected chi connectivity index (χ0v) is 15.7. The minimum Gasteiger partial charge on any atom is -0.442 e. The van der Waals surface area contributed by atoms with Crippen molar-refractivity contribution in [2.75, 3.05) is 49.1 Å². The second-order valence-electron chi connectivity index (χ2n) is 6.56. The Hall–Kier alpha value is -3.22. The summed E-state index contributed by atoms with van der Waals surface area (Å²) in [6, 6.07) is 3.40. The van der Waals surface area contributed by atoms with E-state index in [4.69, 9.17) is 15.3 Å². The second-order valence-corrected chi connectivity index (χ2v) is 6.56. The Kier molecular flexibility index (Phi) is 6.50. The minimum atomic E-state index is -3.17. The van der Waals surface area contributed by atoms with Crippen molar-refractivity contribution >= 4 is 29.4 Å². The number of primary amides is 1. The first kappa shape index (κ1) is 21.5. The summed E-state index contributed by atoms with van der Waals surface area (Å²) in [5.41, 5.74) is 5.65. The van der Waals surface area contributed by atoms with Crippen molar-refractivity contribution in [2.24, 2.45) is 5.73 Å². The lowest BCUT2D eigenvalue weighted by Gasteiger charge is -2.23. The number of hydrogen-bond donors (Lipinski definition) is 2. The summed E-state index contributed by atoms with van der Waals surface area (Å²) in [5, 5.41) is 2.97. The maximum absolute atomic E-state index is 14.7.